The van der Waals surface area contributed by atoms with Crippen molar-refractivity contribution in [2.75, 3.05) is 19.8 Å². The zero-order chi connectivity index (χ0) is 14.7. The van der Waals surface area contributed by atoms with Gasteiger partial charge >= 0.3 is 0 Å². The van der Waals surface area contributed by atoms with Crippen LogP contribution >= 0.6 is 0 Å². The number of benzene rings is 1. The Morgan fingerprint density at radius 2 is 1.95 bits per heavy atom. The van der Waals surface area contributed by atoms with E-state index in [2.05, 4.69) is 31.3 Å². The Bertz CT molecular complexity index is 486. The van der Waals surface area contributed by atoms with E-state index in [4.69, 9.17) is 9.47 Å². The molecule has 0 bridgehead atoms. The van der Waals surface area contributed by atoms with Crippen LogP contribution in [0.3, 0.4) is 0 Å². The maximum absolute atomic E-state index is 5.88. The Hall–Kier alpha value is -1.22. The third-order valence-corrected chi connectivity index (χ3v) is 4.57. The molecule has 3 rings (SSSR count). The van der Waals surface area contributed by atoms with E-state index in [1.165, 1.54) is 30.4 Å². The lowest BCUT2D eigenvalue weighted by Crippen LogP contribution is -2.23. The van der Waals surface area contributed by atoms with E-state index in [1.54, 1.807) is 0 Å². The maximum Gasteiger partial charge on any atom is 0.161 e. The van der Waals surface area contributed by atoms with Crippen molar-refractivity contribution < 1.29 is 9.47 Å². The molecule has 0 aromatic heterocycles. The summed E-state index contributed by atoms with van der Waals surface area (Å²) < 4.78 is 11.7. The van der Waals surface area contributed by atoms with Crippen molar-refractivity contribution in [3.8, 4) is 11.5 Å². The van der Waals surface area contributed by atoms with E-state index >= 15 is 0 Å². The Kier molecular flexibility index (Phi) is 4.69. The first kappa shape index (κ1) is 14.7. The summed E-state index contributed by atoms with van der Waals surface area (Å²) in [5.41, 5.74) is 2.87. The van der Waals surface area contributed by atoms with Gasteiger partial charge < -0.3 is 14.8 Å². The second kappa shape index (κ2) is 6.69. The molecule has 0 saturated carbocycles. The number of aryl methyl sites for hydroxylation is 1. The quantitative estimate of drug-likeness (QED) is 0.857. The number of hydrogen-bond donors (Lipinski definition) is 1. The Labute approximate surface area is 128 Å². The van der Waals surface area contributed by atoms with Crippen LogP contribution in [0.2, 0.25) is 0 Å². The van der Waals surface area contributed by atoms with Gasteiger partial charge in [-0.15, -0.1) is 0 Å². The second-order valence-corrected chi connectivity index (χ2v) is 6.43. The summed E-state index contributed by atoms with van der Waals surface area (Å²) in [6.07, 6.45) is 5.76. The zero-order valence-corrected chi connectivity index (χ0v) is 13.3. The molecule has 2 atom stereocenters. The van der Waals surface area contributed by atoms with Crippen molar-refractivity contribution in [1.29, 1.82) is 0 Å². The Balaban J connectivity index is 1.94. The van der Waals surface area contributed by atoms with Gasteiger partial charge in [0, 0.05) is 12.5 Å². The summed E-state index contributed by atoms with van der Waals surface area (Å²) in [5.74, 6) is 2.63. The van der Waals surface area contributed by atoms with Crippen LogP contribution in [-0.4, -0.2) is 19.8 Å². The van der Waals surface area contributed by atoms with Crippen molar-refractivity contribution in [3.05, 3.63) is 23.3 Å². The van der Waals surface area contributed by atoms with Crippen LogP contribution in [0.1, 0.15) is 56.7 Å². The fourth-order valence-corrected chi connectivity index (χ4v) is 3.37. The van der Waals surface area contributed by atoms with E-state index in [0.717, 1.165) is 50.0 Å². The third kappa shape index (κ3) is 3.34. The molecule has 0 fully saturated rings. The Morgan fingerprint density at radius 1 is 1.19 bits per heavy atom. The first-order chi connectivity index (χ1) is 10.3. The first-order valence-corrected chi connectivity index (χ1v) is 8.43. The molecule has 1 aliphatic heterocycles. The molecule has 116 valence electrons. The standard InChI is InChI=1S/C18H27NO2/c1-3-7-19-16-10-13(2)5-6-14-11-17-18(12-15(14)16)21-9-4-8-20-17/h11-13,16,19H,3-10H2,1-2H3. The topological polar surface area (TPSA) is 30.5 Å². The van der Waals surface area contributed by atoms with Crippen LogP contribution in [0.15, 0.2) is 12.1 Å². The van der Waals surface area contributed by atoms with Crippen molar-refractivity contribution in [1.82, 2.24) is 5.32 Å². The van der Waals surface area contributed by atoms with E-state index in [9.17, 15) is 0 Å². The zero-order valence-electron chi connectivity index (χ0n) is 13.3. The van der Waals surface area contributed by atoms with Gasteiger partial charge in [-0.1, -0.05) is 13.8 Å². The normalized spacial score (nSPS) is 24.9. The lowest BCUT2D eigenvalue weighted by molar-refractivity contribution is 0.296. The van der Waals surface area contributed by atoms with Gasteiger partial charge in [0.15, 0.2) is 11.5 Å². The predicted octanol–water partition coefficient (Wildman–Crippen LogP) is 3.86. The molecule has 3 heteroatoms. The van der Waals surface area contributed by atoms with Crippen molar-refractivity contribution in [2.24, 2.45) is 5.92 Å². The number of rotatable bonds is 3. The summed E-state index contributed by atoms with van der Waals surface area (Å²) in [6.45, 7) is 7.19. The molecule has 2 aliphatic rings. The van der Waals surface area contributed by atoms with Gasteiger partial charge in [-0.2, -0.15) is 0 Å². The summed E-state index contributed by atoms with van der Waals surface area (Å²) in [4.78, 5) is 0. The number of fused-ring (bicyclic) bond motifs is 2. The molecule has 1 aromatic carbocycles. The fourth-order valence-electron chi connectivity index (χ4n) is 3.37. The van der Waals surface area contributed by atoms with Gasteiger partial charge in [0.25, 0.3) is 0 Å². The molecule has 0 amide bonds. The summed E-state index contributed by atoms with van der Waals surface area (Å²) in [6, 6.07) is 4.92. The van der Waals surface area contributed by atoms with Crippen LogP contribution < -0.4 is 14.8 Å². The predicted molar refractivity (Wildman–Crippen MR) is 85.2 cm³/mol. The van der Waals surface area contributed by atoms with E-state index in [-0.39, 0.29) is 0 Å². The molecule has 0 spiro atoms. The molecule has 0 radical (unpaired) electrons. The van der Waals surface area contributed by atoms with E-state index in [1.807, 2.05) is 0 Å². The van der Waals surface area contributed by atoms with Gasteiger partial charge in [-0.05, 0) is 61.4 Å². The number of hydrogen-bond acceptors (Lipinski definition) is 3. The number of ether oxygens (including phenoxy) is 2. The molecule has 3 nitrogen and oxygen atoms in total. The lowest BCUT2D eigenvalue weighted by Gasteiger charge is -2.22. The monoisotopic (exact) mass is 289 g/mol. The van der Waals surface area contributed by atoms with E-state index < -0.39 is 0 Å². The van der Waals surface area contributed by atoms with Gasteiger partial charge in [-0.25, -0.2) is 0 Å². The molecule has 1 aliphatic carbocycles. The fraction of sp³-hybridized carbons (Fsp3) is 0.667. The van der Waals surface area contributed by atoms with Gasteiger partial charge in [0.05, 0.1) is 13.2 Å². The molecule has 1 heterocycles. The molecular weight excluding hydrogens is 262 g/mol. The van der Waals surface area contributed by atoms with Gasteiger partial charge in [-0.3, -0.25) is 0 Å². The van der Waals surface area contributed by atoms with Gasteiger partial charge in [0.1, 0.15) is 0 Å². The van der Waals surface area contributed by atoms with Gasteiger partial charge in [0.2, 0.25) is 0 Å². The summed E-state index contributed by atoms with van der Waals surface area (Å²) in [7, 11) is 0. The van der Waals surface area contributed by atoms with Crippen LogP contribution in [0.4, 0.5) is 0 Å². The smallest absolute Gasteiger partial charge is 0.161 e. The highest BCUT2D eigenvalue weighted by molar-refractivity contribution is 5.49. The van der Waals surface area contributed by atoms with Crippen molar-refractivity contribution in [3.63, 3.8) is 0 Å². The van der Waals surface area contributed by atoms with Crippen molar-refractivity contribution >= 4 is 0 Å². The third-order valence-electron chi connectivity index (χ3n) is 4.57. The van der Waals surface area contributed by atoms with E-state index in [0.29, 0.717) is 6.04 Å². The molecule has 2 unspecified atom stereocenters. The number of nitrogens with one attached hydrogen (secondary N) is 1. The van der Waals surface area contributed by atoms with Crippen LogP contribution in [-0.2, 0) is 6.42 Å². The van der Waals surface area contributed by atoms with Crippen LogP contribution in [0, 0.1) is 5.92 Å². The lowest BCUT2D eigenvalue weighted by atomic mass is 9.96. The minimum atomic E-state index is 0.453. The van der Waals surface area contributed by atoms with Crippen molar-refractivity contribution in [2.45, 2.75) is 52.0 Å². The maximum atomic E-state index is 5.88. The molecule has 1 aromatic rings. The minimum Gasteiger partial charge on any atom is -0.490 e. The second-order valence-electron chi connectivity index (χ2n) is 6.43. The highest BCUT2D eigenvalue weighted by Gasteiger charge is 2.25. The summed E-state index contributed by atoms with van der Waals surface area (Å²) in [5, 5.41) is 3.72. The highest BCUT2D eigenvalue weighted by Crippen LogP contribution is 2.39. The van der Waals surface area contributed by atoms with Crippen LogP contribution in [0.5, 0.6) is 11.5 Å². The molecule has 0 saturated heterocycles. The molecule has 1 N–H and O–H groups in total. The highest BCUT2D eigenvalue weighted by atomic mass is 16.5. The Morgan fingerprint density at radius 3 is 2.71 bits per heavy atom. The summed E-state index contributed by atoms with van der Waals surface area (Å²) >= 11 is 0. The molecular formula is C18H27NO2. The molecule has 21 heavy (non-hydrogen) atoms. The first-order valence-electron chi connectivity index (χ1n) is 8.43. The SMILES string of the molecule is CCCNC1CC(C)CCc2cc3c(cc21)OCCCO3. The minimum absolute atomic E-state index is 0.453. The average Bonchev–Trinajstić information content (AvgIpc) is 2.80. The largest absolute Gasteiger partial charge is 0.490 e. The van der Waals surface area contributed by atoms with Crippen LogP contribution in [0.25, 0.3) is 0 Å². The average molecular weight is 289 g/mol.